The largest absolute Gasteiger partial charge is 0.481 e. The van der Waals surface area contributed by atoms with Gasteiger partial charge in [0.15, 0.2) is 0 Å². The summed E-state index contributed by atoms with van der Waals surface area (Å²) in [6.07, 6.45) is 3.09. The number of carboxylic acid groups (broad SMARTS) is 1. The van der Waals surface area contributed by atoms with Crippen LogP contribution >= 0.6 is 0 Å². The molecule has 17 heavy (non-hydrogen) atoms. The van der Waals surface area contributed by atoms with Gasteiger partial charge in [0.1, 0.15) is 0 Å². The number of carboxylic acids is 1. The summed E-state index contributed by atoms with van der Waals surface area (Å²) in [7, 11) is 1.63. The van der Waals surface area contributed by atoms with Crippen LogP contribution in [0.2, 0.25) is 0 Å². The summed E-state index contributed by atoms with van der Waals surface area (Å²) in [5, 5.41) is 11.2. The Morgan fingerprint density at radius 2 is 2.29 bits per heavy atom. The van der Waals surface area contributed by atoms with Crippen molar-refractivity contribution in [2.24, 2.45) is 5.92 Å². The van der Waals surface area contributed by atoms with E-state index in [-0.39, 0.29) is 12.6 Å². The van der Waals surface area contributed by atoms with E-state index >= 15 is 0 Å². The summed E-state index contributed by atoms with van der Waals surface area (Å²) in [5.74, 6) is -1.52. The fraction of sp³-hybridized carbons (Fsp3) is 0.455. The molecule has 94 valence electrons. The molecular formula is C11H16N2O4. The number of hydrogen-bond donors (Lipinski definition) is 2. The smallest absolute Gasteiger partial charge is 0.317 e. The van der Waals surface area contributed by atoms with Crippen LogP contribution in [0.3, 0.4) is 0 Å². The first-order chi connectivity index (χ1) is 8.00. The number of nitrogens with zero attached hydrogens (tertiary/aromatic N) is 1. The molecule has 0 spiro atoms. The van der Waals surface area contributed by atoms with E-state index in [1.165, 1.54) is 11.2 Å². The zero-order valence-corrected chi connectivity index (χ0v) is 9.84. The Hall–Kier alpha value is -1.98. The fourth-order valence-corrected chi connectivity index (χ4v) is 1.19. The summed E-state index contributed by atoms with van der Waals surface area (Å²) in [6.45, 7) is 2.08. The Morgan fingerprint density at radius 1 is 1.59 bits per heavy atom. The summed E-state index contributed by atoms with van der Waals surface area (Å²) < 4.78 is 4.89. The maximum absolute atomic E-state index is 11.6. The van der Waals surface area contributed by atoms with E-state index in [1.54, 1.807) is 26.3 Å². The molecule has 0 aliphatic carbocycles. The number of hydrogen-bond acceptors (Lipinski definition) is 3. The highest BCUT2D eigenvalue weighted by Crippen LogP contribution is 2.03. The number of rotatable bonds is 5. The van der Waals surface area contributed by atoms with Crippen molar-refractivity contribution < 1.29 is 19.1 Å². The number of carbonyl (C=O) groups excluding carboxylic acids is 1. The first-order valence-corrected chi connectivity index (χ1v) is 5.23. The molecule has 1 heterocycles. The van der Waals surface area contributed by atoms with Gasteiger partial charge in [-0.2, -0.15) is 0 Å². The molecule has 6 nitrogen and oxygen atoms in total. The molecule has 0 bridgehead atoms. The highest BCUT2D eigenvalue weighted by Gasteiger charge is 2.14. The van der Waals surface area contributed by atoms with Crippen molar-refractivity contribution in [2.45, 2.75) is 13.5 Å². The third kappa shape index (κ3) is 4.18. The second-order valence-corrected chi connectivity index (χ2v) is 3.91. The maximum Gasteiger partial charge on any atom is 0.317 e. The fourth-order valence-electron chi connectivity index (χ4n) is 1.19. The van der Waals surface area contributed by atoms with Crippen LogP contribution in [-0.2, 0) is 11.3 Å². The van der Waals surface area contributed by atoms with Crippen molar-refractivity contribution in [2.75, 3.05) is 13.6 Å². The molecule has 6 heteroatoms. The van der Waals surface area contributed by atoms with Gasteiger partial charge in [-0.3, -0.25) is 4.79 Å². The Morgan fingerprint density at radius 3 is 2.82 bits per heavy atom. The minimum atomic E-state index is -0.928. The Bertz CT molecular complexity index is 375. The average molecular weight is 240 g/mol. The van der Waals surface area contributed by atoms with Crippen LogP contribution in [0.15, 0.2) is 23.0 Å². The van der Waals surface area contributed by atoms with E-state index in [9.17, 15) is 9.59 Å². The van der Waals surface area contributed by atoms with Crippen LogP contribution in [0.25, 0.3) is 0 Å². The summed E-state index contributed by atoms with van der Waals surface area (Å²) >= 11 is 0. The monoisotopic (exact) mass is 240 g/mol. The number of furan rings is 1. The Labute approximate surface area is 99.2 Å². The zero-order valence-electron chi connectivity index (χ0n) is 9.84. The van der Waals surface area contributed by atoms with E-state index in [2.05, 4.69) is 5.32 Å². The number of carbonyl (C=O) groups is 2. The molecule has 1 rings (SSSR count). The molecule has 0 aromatic carbocycles. The van der Waals surface area contributed by atoms with Crippen LogP contribution in [-0.4, -0.2) is 35.6 Å². The first kappa shape index (κ1) is 13.1. The topological polar surface area (TPSA) is 82.8 Å². The van der Waals surface area contributed by atoms with Gasteiger partial charge in [-0.05, 0) is 6.07 Å². The van der Waals surface area contributed by atoms with Gasteiger partial charge < -0.3 is 19.7 Å². The molecule has 0 saturated carbocycles. The molecule has 1 unspecified atom stereocenters. The van der Waals surface area contributed by atoms with E-state index in [0.717, 1.165) is 5.56 Å². The van der Waals surface area contributed by atoms with Crippen LogP contribution in [0.5, 0.6) is 0 Å². The molecule has 2 amide bonds. The van der Waals surface area contributed by atoms with E-state index in [0.29, 0.717) is 6.54 Å². The van der Waals surface area contributed by atoms with Crippen LogP contribution in [0.4, 0.5) is 4.79 Å². The van der Waals surface area contributed by atoms with Gasteiger partial charge in [0.05, 0.1) is 25.0 Å². The van der Waals surface area contributed by atoms with Crippen LogP contribution in [0.1, 0.15) is 12.5 Å². The van der Waals surface area contributed by atoms with Gasteiger partial charge >= 0.3 is 12.0 Å². The lowest BCUT2D eigenvalue weighted by atomic mass is 10.2. The third-order valence-corrected chi connectivity index (χ3v) is 2.33. The highest BCUT2D eigenvalue weighted by molar-refractivity contribution is 5.75. The lowest BCUT2D eigenvalue weighted by Gasteiger charge is -2.17. The SMILES string of the molecule is CC(CNC(=O)N(C)Cc1ccoc1)C(=O)O. The van der Waals surface area contributed by atoms with Gasteiger partial charge in [-0.25, -0.2) is 4.79 Å². The van der Waals surface area contributed by atoms with Crippen molar-refractivity contribution in [3.63, 3.8) is 0 Å². The number of amides is 2. The van der Waals surface area contributed by atoms with E-state index < -0.39 is 11.9 Å². The average Bonchev–Trinajstić information content (AvgIpc) is 2.77. The molecule has 0 aliphatic heterocycles. The number of aliphatic carboxylic acids is 1. The summed E-state index contributed by atoms with van der Waals surface area (Å²) in [5.41, 5.74) is 0.883. The molecule has 1 aromatic heterocycles. The van der Waals surface area contributed by atoms with Gasteiger partial charge in [0, 0.05) is 19.2 Å². The lowest BCUT2D eigenvalue weighted by molar-refractivity contribution is -0.140. The van der Waals surface area contributed by atoms with Gasteiger partial charge in [-0.15, -0.1) is 0 Å². The standard InChI is InChI=1S/C11H16N2O4/c1-8(10(14)15)5-12-11(16)13(2)6-9-3-4-17-7-9/h3-4,7-8H,5-6H2,1-2H3,(H,12,16)(H,14,15). The van der Waals surface area contributed by atoms with E-state index in [4.69, 9.17) is 9.52 Å². The lowest BCUT2D eigenvalue weighted by Crippen LogP contribution is -2.40. The molecule has 1 atom stereocenters. The second-order valence-electron chi connectivity index (χ2n) is 3.91. The van der Waals surface area contributed by atoms with Crippen molar-refractivity contribution in [3.8, 4) is 0 Å². The van der Waals surface area contributed by atoms with Crippen molar-refractivity contribution in [1.82, 2.24) is 10.2 Å². The molecule has 0 radical (unpaired) electrons. The van der Waals surface area contributed by atoms with Crippen LogP contribution < -0.4 is 5.32 Å². The van der Waals surface area contributed by atoms with Crippen LogP contribution in [0, 0.1) is 5.92 Å². The molecule has 2 N–H and O–H groups in total. The normalized spacial score (nSPS) is 11.9. The second kappa shape index (κ2) is 5.93. The Balaban J connectivity index is 2.34. The predicted molar refractivity (Wildman–Crippen MR) is 60.4 cm³/mol. The molecule has 1 aromatic rings. The number of urea groups is 1. The molecular weight excluding hydrogens is 224 g/mol. The van der Waals surface area contributed by atoms with Crippen molar-refractivity contribution >= 4 is 12.0 Å². The minimum Gasteiger partial charge on any atom is -0.481 e. The molecule has 0 fully saturated rings. The van der Waals surface area contributed by atoms with Gasteiger partial charge in [0.2, 0.25) is 0 Å². The van der Waals surface area contributed by atoms with Gasteiger partial charge in [-0.1, -0.05) is 6.92 Å². The van der Waals surface area contributed by atoms with Gasteiger partial charge in [0.25, 0.3) is 0 Å². The maximum atomic E-state index is 11.6. The molecule has 0 saturated heterocycles. The molecule has 0 aliphatic rings. The zero-order chi connectivity index (χ0) is 12.8. The highest BCUT2D eigenvalue weighted by atomic mass is 16.4. The minimum absolute atomic E-state index is 0.115. The third-order valence-electron chi connectivity index (χ3n) is 2.33. The summed E-state index contributed by atoms with van der Waals surface area (Å²) in [6, 6.07) is 1.46. The quantitative estimate of drug-likeness (QED) is 0.808. The first-order valence-electron chi connectivity index (χ1n) is 5.23. The van der Waals surface area contributed by atoms with E-state index in [1.807, 2.05) is 0 Å². The van der Waals surface area contributed by atoms with Crippen molar-refractivity contribution in [1.29, 1.82) is 0 Å². The predicted octanol–water partition coefficient (Wildman–Crippen LogP) is 1.14. The Kier molecular flexibility index (Phi) is 4.56. The van der Waals surface area contributed by atoms with Crippen molar-refractivity contribution in [3.05, 3.63) is 24.2 Å². The number of nitrogens with one attached hydrogen (secondary N) is 1. The summed E-state index contributed by atoms with van der Waals surface area (Å²) in [4.78, 5) is 23.6.